The molecular weight excluding hydrogens is 274 g/mol. The SMILES string of the molecule is CN(C)c1ccc(C(=O)Nc2cccc(Cl)c2)cc1N. The minimum atomic E-state index is -0.218. The van der Waals surface area contributed by atoms with E-state index in [0.29, 0.717) is 22.0 Å². The molecule has 0 aliphatic heterocycles. The van der Waals surface area contributed by atoms with E-state index in [2.05, 4.69) is 5.32 Å². The van der Waals surface area contributed by atoms with E-state index in [1.807, 2.05) is 25.1 Å². The maximum atomic E-state index is 12.1. The number of nitrogens with one attached hydrogen (secondary N) is 1. The second kappa shape index (κ2) is 5.84. The molecule has 0 aliphatic carbocycles. The topological polar surface area (TPSA) is 58.4 Å². The lowest BCUT2D eigenvalue weighted by atomic mass is 10.1. The van der Waals surface area contributed by atoms with Gasteiger partial charge in [0.25, 0.3) is 5.91 Å². The Morgan fingerprint density at radius 3 is 2.55 bits per heavy atom. The Labute approximate surface area is 123 Å². The molecule has 0 radical (unpaired) electrons. The Morgan fingerprint density at radius 2 is 1.95 bits per heavy atom. The van der Waals surface area contributed by atoms with Crippen LogP contribution >= 0.6 is 11.6 Å². The summed E-state index contributed by atoms with van der Waals surface area (Å²) in [7, 11) is 3.80. The monoisotopic (exact) mass is 289 g/mol. The predicted octanol–water partition coefficient (Wildman–Crippen LogP) is 3.24. The predicted molar refractivity (Wildman–Crippen MR) is 84.6 cm³/mol. The van der Waals surface area contributed by atoms with Crippen LogP contribution in [0.15, 0.2) is 42.5 Å². The van der Waals surface area contributed by atoms with Crippen molar-refractivity contribution in [3.8, 4) is 0 Å². The summed E-state index contributed by atoms with van der Waals surface area (Å²) in [6.45, 7) is 0. The van der Waals surface area contributed by atoms with Crippen LogP contribution in [-0.4, -0.2) is 20.0 Å². The van der Waals surface area contributed by atoms with Crippen LogP contribution in [-0.2, 0) is 0 Å². The summed E-state index contributed by atoms with van der Waals surface area (Å²) >= 11 is 5.88. The molecule has 4 nitrogen and oxygen atoms in total. The first-order valence-corrected chi connectivity index (χ1v) is 6.49. The molecule has 0 bridgehead atoms. The molecule has 2 rings (SSSR count). The van der Waals surface area contributed by atoms with Gasteiger partial charge < -0.3 is 16.0 Å². The number of nitrogens with zero attached hydrogens (tertiary/aromatic N) is 1. The summed E-state index contributed by atoms with van der Waals surface area (Å²) < 4.78 is 0. The molecule has 0 heterocycles. The van der Waals surface area contributed by atoms with E-state index in [1.54, 1.807) is 36.4 Å². The fourth-order valence-corrected chi connectivity index (χ4v) is 2.06. The molecule has 2 aromatic carbocycles. The van der Waals surface area contributed by atoms with Crippen LogP contribution in [0.1, 0.15) is 10.4 Å². The van der Waals surface area contributed by atoms with Crippen molar-refractivity contribution in [1.82, 2.24) is 0 Å². The lowest BCUT2D eigenvalue weighted by molar-refractivity contribution is 0.102. The molecule has 0 spiro atoms. The molecule has 1 amide bonds. The average Bonchev–Trinajstić information content (AvgIpc) is 2.38. The number of amides is 1. The van der Waals surface area contributed by atoms with E-state index in [1.165, 1.54) is 0 Å². The van der Waals surface area contributed by atoms with Crippen LogP contribution in [0.5, 0.6) is 0 Å². The highest BCUT2D eigenvalue weighted by molar-refractivity contribution is 6.31. The second-order valence-corrected chi connectivity index (χ2v) is 5.07. The molecule has 0 saturated heterocycles. The summed E-state index contributed by atoms with van der Waals surface area (Å²) in [6, 6.07) is 12.2. The molecular formula is C15H16ClN3O. The van der Waals surface area contributed by atoms with Crippen molar-refractivity contribution < 1.29 is 4.79 Å². The molecule has 0 atom stereocenters. The molecule has 5 heteroatoms. The number of nitrogens with two attached hydrogens (primary N) is 1. The van der Waals surface area contributed by atoms with E-state index in [-0.39, 0.29) is 5.91 Å². The van der Waals surface area contributed by atoms with Crippen molar-refractivity contribution in [2.75, 3.05) is 30.0 Å². The van der Waals surface area contributed by atoms with Crippen molar-refractivity contribution in [2.24, 2.45) is 0 Å². The smallest absolute Gasteiger partial charge is 0.255 e. The van der Waals surface area contributed by atoms with Gasteiger partial charge in [0.15, 0.2) is 0 Å². The summed E-state index contributed by atoms with van der Waals surface area (Å²) in [6.07, 6.45) is 0. The zero-order chi connectivity index (χ0) is 14.7. The van der Waals surface area contributed by atoms with Gasteiger partial charge in [0.2, 0.25) is 0 Å². The molecule has 104 valence electrons. The normalized spacial score (nSPS) is 10.2. The van der Waals surface area contributed by atoms with Crippen LogP contribution in [0.25, 0.3) is 0 Å². The first-order chi connectivity index (χ1) is 9.47. The highest BCUT2D eigenvalue weighted by atomic mass is 35.5. The molecule has 3 N–H and O–H groups in total. The standard InChI is InChI=1S/C15H16ClN3O/c1-19(2)14-7-6-10(8-13(14)17)15(20)18-12-5-3-4-11(16)9-12/h3-9H,17H2,1-2H3,(H,18,20). The molecule has 0 aliphatic rings. The quantitative estimate of drug-likeness (QED) is 0.853. The summed E-state index contributed by atoms with van der Waals surface area (Å²) in [5, 5.41) is 3.36. The third-order valence-electron chi connectivity index (χ3n) is 2.85. The molecule has 20 heavy (non-hydrogen) atoms. The minimum absolute atomic E-state index is 0.218. The number of carbonyl (C=O) groups excluding carboxylic acids is 1. The Kier molecular flexibility index (Phi) is 4.15. The lowest BCUT2D eigenvalue weighted by Gasteiger charge is -2.16. The Balaban J connectivity index is 2.19. The fraction of sp³-hybridized carbons (Fsp3) is 0.133. The van der Waals surface area contributed by atoms with Gasteiger partial charge in [-0.1, -0.05) is 17.7 Å². The largest absolute Gasteiger partial charge is 0.397 e. The highest BCUT2D eigenvalue weighted by Gasteiger charge is 2.09. The third-order valence-corrected chi connectivity index (χ3v) is 3.09. The van der Waals surface area contributed by atoms with E-state index in [9.17, 15) is 4.79 Å². The van der Waals surface area contributed by atoms with E-state index in [4.69, 9.17) is 17.3 Å². The van der Waals surface area contributed by atoms with Gasteiger partial charge in [-0.05, 0) is 36.4 Å². The third kappa shape index (κ3) is 3.22. The number of rotatable bonds is 3. The average molecular weight is 290 g/mol. The lowest BCUT2D eigenvalue weighted by Crippen LogP contribution is -2.15. The number of nitrogen functional groups attached to an aromatic ring is 1. The zero-order valence-corrected chi connectivity index (χ0v) is 12.1. The van der Waals surface area contributed by atoms with Gasteiger partial charge >= 0.3 is 0 Å². The molecule has 0 unspecified atom stereocenters. The summed E-state index contributed by atoms with van der Waals surface area (Å²) in [5.41, 5.74) is 8.54. The number of carbonyl (C=O) groups is 1. The molecule has 0 saturated carbocycles. The number of anilines is 3. The van der Waals surface area contributed by atoms with Crippen LogP contribution in [0.4, 0.5) is 17.1 Å². The first kappa shape index (κ1) is 14.2. The van der Waals surface area contributed by atoms with E-state index in [0.717, 1.165) is 5.69 Å². The highest BCUT2D eigenvalue weighted by Crippen LogP contribution is 2.23. The van der Waals surface area contributed by atoms with Crippen molar-refractivity contribution in [3.05, 3.63) is 53.1 Å². The van der Waals surface area contributed by atoms with Gasteiger partial charge in [-0.3, -0.25) is 4.79 Å². The van der Waals surface area contributed by atoms with Crippen molar-refractivity contribution in [1.29, 1.82) is 0 Å². The van der Waals surface area contributed by atoms with Crippen molar-refractivity contribution in [2.45, 2.75) is 0 Å². The van der Waals surface area contributed by atoms with E-state index >= 15 is 0 Å². The Hall–Kier alpha value is -2.20. The second-order valence-electron chi connectivity index (χ2n) is 4.63. The zero-order valence-electron chi connectivity index (χ0n) is 11.4. The minimum Gasteiger partial charge on any atom is -0.397 e. The number of halogens is 1. The van der Waals surface area contributed by atoms with Gasteiger partial charge in [0.05, 0.1) is 11.4 Å². The molecule has 2 aromatic rings. The number of hydrogen-bond donors (Lipinski definition) is 2. The molecule has 0 fully saturated rings. The van der Waals surface area contributed by atoms with Crippen LogP contribution < -0.4 is 16.0 Å². The Morgan fingerprint density at radius 1 is 1.20 bits per heavy atom. The summed E-state index contributed by atoms with van der Waals surface area (Å²) in [4.78, 5) is 14.0. The van der Waals surface area contributed by atoms with Crippen molar-refractivity contribution in [3.63, 3.8) is 0 Å². The number of hydrogen-bond acceptors (Lipinski definition) is 3. The maximum absolute atomic E-state index is 12.1. The number of benzene rings is 2. The van der Waals surface area contributed by atoms with Crippen LogP contribution in [0.3, 0.4) is 0 Å². The van der Waals surface area contributed by atoms with Gasteiger partial charge in [-0.25, -0.2) is 0 Å². The van der Waals surface area contributed by atoms with Gasteiger partial charge in [-0.15, -0.1) is 0 Å². The van der Waals surface area contributed by atoms with Crippen LogP contribution in [0, 0.1) is 0 Å². The summed E-state index contributed by atoms with van der Waals surface area (Å²) in [5.74, 6) is -0.218. The van der Waals surface area contributed by atoms with Gasteiger partial charge in [0.1, 0.15) is 0 Å². The van der Waals surface area contributed by atoms with Gasteiger partial charge in [-0.2, -0.15) is 0 Å². The maximum Gasteiger partial charge on any atom is 0.255 e. The van der Waals surface area contributed by atoms with Gasteiger partial charge in [0, 0.05) is 30.4 Å². The van der Waals surface area contributed by atoms with E-state index < -0.39 is 0 Å². The Bertz CT molecular complexity index is 641. The molecule has 0 aromatic heterocycles. The fourth-order valence-electron chi connectivity index (χ4n) is 1.87. The van der Waals surface area contributed by atoms with Crippen LogP contribution in [0.2, 0.25) is 5.02 Å². The first-order valence-electron chi connectivity index (χ1n) is 6.11. The van der Waals surface area contributed by atoms with Crippen molar-refractivity contribution >= 4 is 34.6 Å².